The van der Waals surface area contributed by atoms with E-state index in [1.54, 1.807) is 4.90 Å². The maximum atomic E-state index is 12.2. The molecular weight excluding hydrogens is 270 g/mol. The Balaban J connectivity index is 2.51. The summed E-state index contributed by atoms with van der Waals surface area (Å²) in [5.74, 6) is -0.777. The highest BCUT2D eigenvalue weighted by atomic mass is 16.4. The van der Waals surface area contributed by atoms with Crippen LogP contribution in [0.2, 0.25) is 0 Å². The van der Waals surface area contributed by atoms with Crippen molar-refractivity contribution >= 4 is 12.0 Å². The van der Waals surface area contributed by atoms with Crippen molar-refractivity contribution in [1.82, 2.24) is 15.1 Å². The van der Waals surface area contributed by atoms with Gasteiger partial charge in [-0.2, -0.15) is 0 Å². The van der Waals surface area contributed by atoms with Crippen LogP contribution in [0.5, 0.6) is 0 Å². The zero-order valence-electron chi connectivity index (χ0n) is 13.7. The Labute approximate surface area is 127 Å². The van der Waals surface area contributed by atoms with Crippen molar-refractivity contribution in [3.8, 4) is 0 Å². The lowest BCUT2D eigenvalue weighted by Crippen LogP contribution is -2.45. The molecular formula is C15H29N3O3. The SMILES string of the molecule is CCCC1(C(=O)O)CCN(C(=O)NC(C)CCN(C)C)C1. The lowest BCUT2D eigenvalue weighted by Gasteiger charge is -2.25. The number of nitrogens with one attached hydrogen (secondary N) is 1. The van der Waals surface area contributed by atoms with E-state index in [0.717, 1.165) is 19.4 Å². The number of urea groups is 1. The summed E-state index contributed by atoms with van der Waals surface area (Å²) in [6.45, 7) is 5.72. The van der Waals surface area contributed by atoms with Crippen LogP contribution in [-0.2, 0) is 4.79 Å². The molecule has 1 aliphatic rings. The Hall–Kier alpha value is -1.30. The summed E-state index contributed by atoms with van der Waals surface area (Å²) in [6.07, 6.45) is 2.88. The van der Waals surface area contributed by atoms with Gasteiger partial charge in [-0.3, -0.25) is 4.79 Å². The number of amides is 2. The zero-order chi connectivity index (χ0) is 16.0. The molecule has 1 aliphatic heterocycles. The second kappa shape index (κ2) is 7.64. The van der Waals surface area contributed by atoms with Gasteiger partial charge in [0.2, 0.25) is 0 Å². The van der Waals surface area contributed by atoms with Crippen molar-refractivity contribution in [3.63, 3.8) is 0 Å². The summed E-state index contributed by atoms with van der Waals surface area (Å²) < 4.78 is 0. The number of hydrogen-bond acceptors (Lipinski definition) is 3. The van der Waals surface area contributed by atoms with Gasteiger partial charge < -0.3 is 20.2 Å². The minimum Gasteiger partial charge on any atom is -0.481 e. The zero-order valence-corrected chi connectivity index (χ0v) is 13.7. The van der Waals surface area contributed by atoms with Crippen LogP contribution in [0.3, 0.4) is 0 Å². The second-order valence-corrected chi connectivity index (χ2v) is 6.45. The van der Waals surface area contributed by atoms with Crippen LogP contribution in [0.15, 0.2) is 0 Å². The number of carbonyl (C=O) groups is 2. The molecule has 6 nitrogen and oxygen atoms in total. The molecule has 6 heteroatoms. The quantitative estimate of drug-likeness (QED) is 0.749. The van der Waals surface area contributed by atoms with Gasteiger partial charge in [0.05, 0.1) is 5.41 Å². The van der Waals surface area contributed by atoms with Crippen LogP contribution >= 0.6 is 0 Å². The Morgan fingerprint density at radius 2 is 2.10 bits per heavy atom. The van der Waals surface area contributed by atoms with E-state index in [0.29, 0.717) is 25.9 Å². The van der Waals surface area contributed by atoms with Gasteiger partial charge in [0.15, 0.2) is 0 Å². The molecule has 0 saturated carbocycles. The van der Waals surface area contributed by atoms with Crippen LogP contribution < -0.4 is 5.32 Å². The predicted molar refractivity (Wildman–Crippen MR) is 82.3 cm³/mol. The average Bonchev–Trinajstić information content (AvgIpc) is 2.82. The Morgan fingerprint density at radius 1 is 1.43 bits per heavy atom. The third-order valence-corrected chi connectivity index (χ3v) is 4.20. The average molecular weight is 299 g/mol. The van der Waals surface area contributed by atoms with E-state index in [4.69, 9.17) is 0 Å². The molecule has 0 radical (unpaired) electrons. The topological polar surface area (TPSA) is 72.9 Å². The highest BCUT2D eigenvalue weighted by Crippen LogP contribution is 2.35. The fraction of sp³-hybridized carbons (Fsp3) is 0.867. The molecule has 1 saturated heterocycles. The van der Waals surface area contributed by atoms with Crippen LogP contribution in [-0.4, -0.2) is 66.7 Å². The fourth-order valence-corrected chi connectivity index (χ4v) is 2.84. The molecule has 0 aliphatic carbocycles. The van der Waals surface area contributed by atoms with Crippen molar-refractivity contribution in [1.29, 1.82) is 0 Å². The first-order valence-electron chi connectivity index (χ1n) is 7.74. The maximum Gasteiger partial charge on any atom is 0.317 e. The van der Waals surface area contributed by atoms with Crippen LogP contribution in [0.25, 0.3) is 0 Å². The molecule has 2 atom stereocenters. The van der Waals surface area contributed by atoms with Crippen molar-refractivity contribution in [2.45, 2.75) is 45.6 Å². The molecule has 0 aromatic carbocycles. The summed E-state index contributed by atoms with van der Waals surface area (Å²) in [7, 11) is 4.00. The lowest BCUT2D eigenvalue weighted by atomic mass is 9.83. The third kappa shape index (κ3) is 4.88. The first-order valence-corrected chi connectivity index (χ1v) is 7.74. The number of carboxylic acids is 1. The highest BCUT2D eigenvalue weighted by molar-refractivity contribution is 5.79. The van der Waals surface area contributed by atoms with Gasteiger partial charge in [-0.25, -0.2) is 4.79 Å². The third-order valence-electron chi connectivity index (χ3n) is 4.20. The molecule has 2 unspecified atom stereocenters. The molecule has 2 amide bonds. The van der Waals surface area contributed by atoms with Gasteiger partial charge in [0.1, 0.15) is 0 Å². The van der Waals surface area contributed by atoms with Crippen LogP contribution in [0, 0.1) is 5.41 Å². The van der Waals surface area contributed by atoms with Gasteiger partial charge >= 0.3 is 12.0 Å². The van der Waals surface area contributed by atoms with E-state index >= 15 is 0 Å². The highest BCUT2D eigenvalue weighted by Gasteiger charge is 2.45. The number of carbonyl (C=O) groups excluding carboxylic acids is 1. The minimum atomic E-state index is -0.777. The van der Waals surface area contributed by atoms with Gasteiger partial charge in [0, 0.05) is 19.1 Å². The van der Waals surface area contributed by atoms with Crippen LogP contribution in [0.1, 0.15) is 39.5 Å². The van der Waals surface area contributed by atoms with Crippen LogP contribution in [0.4, 0.5) is 4.79 Å². The van der Waals surface area contributed by atoms with E-state index in [-0.39, 0.29) is 12.1 Å². The fourth-order valence-electron chi connectivity index (χ4n) is 2.84. The largest absolute Gasteiger partial charge is 0.481 e. The van der Waals surface area contributed by atoms with E-state index in [9.17, 15) is 14.7 Å². The molecule has 1 fully saturated rings. The summed E-state index contributed by atoms with van der Waals surface area (Å²) in [4.78, 5) is 27.5. The summed E-state index contributed by atoms with van der Waals surface area (Å²) in [5.41, 5.74) is -0.751. The van der Waals surface area contributed by atoms with Gasteiger partial charge in [-0.05, 0) is 46.8 Å². The van der Waals surface area contributed by atoms with Crippen molar-refractivity contribution in [2.24, 2.45) is 5.41 Å². The number of rotatable bonds is 7. The van der Waals surface area contributed by atoms with E-state index in [1.807, 2.05) is 27.9 Å². The number of aliphatic carboxylic acids is 1. The minimum absolute atomic E-state index is 0.0888. The van der Waals surface area contributed by atoms with Crippen molar-refractivity contribution in [3.05, 3.63) is 0 Å². The Morgan fingerprint density at radius 3 is 2.62 bits per heavy atom. The van der Waals surface area contributed by atoms with E-state index < -0.39 is 11.4 Å². The lowest BCUT2D eigenvalue weighted by molar-refractivity contribution is -0.148. The molecule has 2 N–H and O–H groups in total. The number of hydrogen-bond donors (Lipinski definition) is 2. The van der Waals surface area contributed by atoms with Gasteiger partial charge in [-0.15, -0.1) is 0 Å². The Bertz CT molecular complexity index is 373. The standard InChI is InChI=1S/C15H29N3O3/c1-5-7-15(13(19)20)8-10-18(11-15)14(21)16-12(2)6-9-17(3)4/h12H,5-11H2,1-4H3,(H,16,21)(H,19,20). The number of likely N-dealkylation sites (tertiary alicyclic amines) is 1. The predicted octanol–water partition coefficient (Wildman–Crippen LogP) is 1.61. The first kappa shape index (κ1) is 17.8. The normalized spacial score (nSPS) is 23.4. The number of carboxylic acid groups (broad SMARTS) is 1. The molecule has 0 bridgehead atoms. The smallest absolute Gasteiger partial charge is 0.317 e. The summed E-state index contributed by atoms with van der Waals surface area (Å²) in [6, 6.07) is -0.0496. The molecule has 1 rings (SSSR count). The summed E-state index contributed by atoms with van der Waals surface area (Å²) >= 11 is 0. The van der Waals surface area contributed by atoms with Gasteiger partial charge in [0.25, 0.3) is 0 Å². The molecule has 122 valence electrons. The molecule has 0 spiro atoms. The molecule has 0 aromatic rings. The second-order valence-electron chi connectivity index (χ2n) is 6.45. The molecule has 21 heavy (non-hydrogen) atoms. The molecule has 0 aromatic heterocycles. The van der Waals surface area contributed by atoms with Crippen molar-refractivity contribution < 1.29 is 14.7 Å². The van der Waals surface area contributed by atoms with Gasteiger partial charge in [-0.1, -0.05) is 13.3 Å². The summed E-state index contributed by atoms with van der Waals surface area (Å²) in [5, 5.41) is 12.4. The van der Waals surface area contributed by atoms with E-state index in [1.165, 1.54) is 0 Å². The monoisotopic (exact) mass is 299 g/mol. The van der Waals surface area contributed by atoms with Crippen molar-refractivity contribution in [2.75, 3.05) is 33.7 Å². The maximum absolute atomic E-state index is 12.2. The van der Waals surface area contributed by atoms with E-state index in [2.05, 4.69) is 10.2 Å². The number of nitrogens with zero attached hydrogens (tertiary/aromatic N) is 2. The first-order chi connectivity index (χ1) is 9.80. The Kier molecular flexibility index (Phi) is 6.45. The molecule has 1 heterocycles.